The molecular formula is C23H22N6O3S. The molecule has 9 nitrogen and oxygen atoms in total. The number of nitrogens with zero attached hydrogens (tertiary/aromatic N) is 6. The molecule has 5 rings (SSSR count). The van der Waals surface area contributed by atoms with Gasteiger partial charge in [0.15, 0.2) is 11.0 Å². The predicted octanol–water partition coefficient (Wildman–Crippen LogP) is 3.92. The quantitative estimate of drug-likeness (QED) is 0.336. The topological polar surface area (TPSA) is 100 Å². The minimum Gasteiger partial charge on any atom is -0.497 e. The summed E-state index contributed by atoms with van der Waals surface area (Å²) < 4.78 is 14.2. The zero-order valence-corrected chi connectivity index (χ0v) is 19.2. The number of benzene rings is 2. The molecular weight excluding hydrogens is 440 g/mol. The van der Waals surface area contributed by atoms with Gasteiger partial charge >= 0.3 is 0 Å². The molecule has 10 heteroatoms. The Morgan fingerprint density at radius 3 is 2.79 bits per heavy atom. The van der Waals surface area contributed by atoms with Crippen LogP contribution in [-0.4, -0.2) is 36.4 Å². The van der Waals surface area contributed by atoms with Crippen molar-refractivity contribution in [1.29, 1.82) is 0 Å². The van der Waals surface area contributed by atoms with E-state index in [4.69, 9.17) is 9.26 Å². The van der Waals surface area contributed by atoms with Crippen molar-refractivity contribution in [1.82, 2.24) is 29.3 Å². The second-order valence-electron chi connectivity index (χ2n) is 7.97. The Balaban J connectivity index is 1.61. The highest BCUT2D eigenvalue weighted by molar-refractivity contribution is 7.98. The smallest absolute Gasteiger partial charge is 0.267 e. The van der Waals surface area contributed by atoms with Crippen LogP contribution in [-0.2, 0) is 12.2 Å². The Morgan fingerprint density at radius 2 is 1.97 bits per heavy atom. The van der Waals surface area contributed by atoms with Crippen LogP contribution in [0.25, 0.3) is 22.4 Å². The lowest BCUT2D eigenvalue weighted by molar-refractivity contribution is 0.382. The van der Waals surface area contributed by atoms with Gasteiger partial charge in [0.1, 0.15) is 5.75 Å². The van der Waals surface area contributed by atoms with E-state index in [1.807, 2.05) is 40.8 Å². The molecule has 0 unspecified atom stereocenters. The van der Waals surface area contributed by atoms with Gasteiger partial charge in [-0.15, -0.1) is 10.2 Å². The summed E-state index contributed by atoms with van der Waals surface area (Å²) in [4.78, 5) is 17.9. The summed E-state index contributed by atoms with van der Waals surface area (Å²) in [5, 5.41) is 14.0. The van der Waals surface area contributed by atoms with Gasteiger partial charge in [0.25, 0.3) is 5.56 Å². The van der Waals surface area contributed by atoms with Gasteiger partial charge in [0.05, 0.1) is 29.5 Å². The first kappa shape index (κ1) is 21.2. The highest BCUT2D eigenvalue weighted by Gasteiger charge is 2.19. The van der Waals surface area contributed by atoms with Crippen molar-refractivity contribution in [2.45, 2.75) is 31.2 Å². The zero-order chi connectivity index (χ0) is 22.9. The lowest BCUT2D eigenvalue weighted by atomic mass is 10.1. The molecule has 0 aliphatic carbocycles. The van der Waals surface area contributed by atoms with Gasteiger partial charge in [-0.1, -0.05) is 49.0 Å². The fourth-order valence-corrected chi connectivity index (χ4v) is 4.46. The van der Waals surface area contributed by atoms with E-state index in [9.17, 15) is 4.79 Å². The Labute approximate surface area is 193 Å². The molecule has 5 aromatic rings. The molecule has 0 fully saturated rings. The standard InChI is InChI=1S/C23H22N6O3S/c1-14(2)11-19-24-20(32-27-19)13-33-23-26-25-22-28(15-7-6-8-16(12-15)31-3)21(30)17-9-4-5-10-18(17)29(22)23/h4-10,12,14H,11,13H2,1-3H3. The van der Waals surface area contributed by atoms with E-state index < -0.39 is 0 Å². The maximum absolute atomic E-state index is 13.4. The Kier molecular flexibility index (Phi) is 5.59. The van der Waals surface area contributed by atoms with Crippen LogP contribution in [0, 0.1) is 5.92 Å². The number of fused-ring (bicyclic) bond motifs is 3. The number of aromatic nitrogens is 6. The molecule has 0 aliphatic heterocycles. The van der Waals surface area contributed by atoms with Gasteiger partial charge < -0.3 is 9.26 Å². The van der Waals surface area contributed by atoms with E-state index in [1.165, 1.54) is 11.8 Å². The Hall–Kier alpha value is -3.66. The Bertz CT molecular complexity index is 1500. The molecule has 168 valence electrons. The lowest BCUT2D eigenvalue weighted by Crippen LogP contribution is -2.21. The van der Waals surface area contributed by atoms with Crippen molar-refractivity contribution in [3.63, 3.8) is 0 Å². The average molecular weight is 463 g/mol. The third-order valence-electron chi connectivity index (χ3n) is 5.13. The van der Waals surface area contributed by atoms with E-state index in [0.717, 1.165) is 11.9 Å². The predicted molar refractivity (Wildman–Crippen MR) is 125 cm³/mol. The summed E-state index contributed by atoms with van der Waals surface area (Å²) in [7, 11) is 1.59. The van der Waals surface area contributed by atoms with Gasteiger partial charge in [-0.2, -0.15) is 4.98 Å². The van der Waals surface area contributed by atoms with E-state index in [2.05, 4.69) is 34.2 Å². The molecule has 0 amide bonds. The largest absolute Gasteiger partial charge is 0.497 e. The van der Waals surface area contributed by atoms with Crippen LogP contribution in [0.4, 0.5) is 0 Å². The van der Waals surface area contributed by atoms with Crippen molar-refractivity contribution in [3.8, 4) is 11.4 Å². The Morgan fingerprint density at radius 1 is 1.12 bits per heavy atom. The second-order valence-corrected chi connectivity index (χ2v) is 8.91. The minimum absolute atomic E-state index is 0.175. The van der Waals surface area contributed by atoms with Crippen LogP contribution in [0.5, 0.6) is 5.75 Å². The number of hydrogen-bond acceptors (Lipinski definition) is 8. The number of thioether (sulfide) groups is 1. The van der Waals surface area contributed by atoms with E-state index in [-0.39, 0.29) is 5.56 Å². The first-order chi connectivity index (χ1) is 16.0. The van der Waals surface area contributed by atoms with E-state index in [0.29, 0.717) is 51.1 Å². The molecule has 2 aromatic carbocycles. The molecule has 0 saturated heterocycles. The molecule has 0 bridgehead atoms. The van der Waals surface area contributed by atoms with Gasteiger partial charge in [0.2, 0.25) is 11.7 Å². The summed E-state index contributed by atoms with van der Waals surface area (Å²) in [6.07, 6.45) is 0.763. The SMILES string of the molecule is COc1cccc(-n2c(=O)c3ccccc3n3c(SCc4nc(CC(C)C)no4)nnc23)c1. The van der Waals surface area contributed by atoms with Crippen molar-refractivity contribution >= 4 is 28.4 Å². The summed E-state index contributed by atoms with van der Waals surface area (Å²) in [5.74, 6) is 3.18. The van der Waals surface area contributed by atoms with Gasteiger partial charge in [0, 0.05) is 12.5 Å². The van der Waals surface area contributed by atoms with E-state index >= 15 is 0 Å². The second kappa shape index (κ2) is 8.70. The fourth-order valence-electron chi connectivity index (χ4n) is 3.68. The normalized spacial score (nSPS) is 11.6. The maximum Gasteiger partial charge on any atom is 0.267 e. The summed E-state index contributed by atoms with van der Waals surface area (Å²) >= 11 is 1.43. The van der Waals surface area contributed by atoms with E-state index in [1.54, 1.807) is 23.8 Å². The monoisotopic (exact) mass is 462 g/mol. The molecule has 0 atom stereocenters. The molecule has 3 heterocycles. The third-order valence-corrected chi connectivity index (χ3v) is 6.05. The van der Waals surface area contributed by atoms with Gasteiger partial charge in [-0.3, -0.25) is 9.20 Å². The number of hydrogen-bond donors (Lipinski definition) is 0. The van der Waals surface area contributed by atoms with Crippen LogP contribution < -0.4 is 10.3 Å². The number of rotatable bonds is 7. The van der Waals surface area contributed by atoms with Crippen LogP contribution in [0.1, 0.15) is 25.6 Å². The molecule has 0 radical (unpaired) electrons. The highest BCUT2D eigenvalue weighted by Crippen LogP contribution is 2.26. The van der Waals surface area contributed by atoms with Crippen molar-refractivity contribution < 1.29 is 9.26 Å². The van der Waals surface area contributed by atoms with Gasteiger partial charge in [-0.05, 0) is 30.2 Å². The minimum atomic E-state index is -0.175. The zero-order valence-electron chi connectivity index (χ0n) is 18.4. The maximum atomic E-state index is 13.4. The average Bonchev–Trinajstić information content (AvgIpc) is 3.44. The fraction of sp³-hybridized carbons (Fsp3) is 0.261. The summed E-state index contributed by atoms with van der Waals surface area (Å²) in [5.41, 5.74) is 1.20. The molecule has 0 spiro atoms. The number of methoxy groups -OCH3 is 1. The molecule has 0 saturated carbocycles. The van der Waals surface area contributed by atoms with Crippen LogP contribution in [0.2, 0.25) is 0 Å². The van der Waals surface area contributed by atoms with Crippen LogP contribution in [0.3, 0.4) is 0 Å². The van der Waals surface area contributed by atoms with Gasteiger partial charge in [-0.25, -0.2) is 4.57 Å². The number of para-hydroxylation sites is 1. The summed E-state index contributed by atoms with van der Waals surface area (Å²) in [6, 6.07) is 14.7. The lowest BCUT2D eigenvalue weighted by Gasteiger charge is -2.12. The highest BCUT2D eigenvalue weighted by atomic mass is 32.2. The van der Waals surface area contributed by atoms with Crippen LogP contribution >= 0.6 is 11.8 Å². The molecule has 0 N–H and O–H groups in total. The molecule has 3 aromatic heterocycles. The first-order valence-electron chi connectivity index (χ1n) is 10.5. The van der Waals surface area contributed by atoms with Crippen LogP contribution in [0.15, 0.2) is 63.0 Å². The van der Waals surface area contributed by atoms with Crippen molar-refractivity contribution in [3.05, 3.63) is 70.6 Å². The van der Waals surface area contributed by atoms with Crippen molar-refractivity contribution in [2.24, 2.45) is 5.92 Å². The first-order valence-corrected chi connectivity index (χ1v) is 11.5. The molecule has 33 heavy (non-hydrogen) atoms. The third kappa shape index (κ3) is 3.97. The summed E-state index contributed by atoms with van der Waals surface area (Å²) in [6.45, 7) is 4.22. The van der Waals surface area contributed by atoms with Crippen molar-refractivity contribution in [2.75, 3.05) is 7.11 Å². The number of ether oxygens (including phenoxy) is 1. The molecule has 0 aliphatic rings.